The fourth-order valence-corrected chi connectivity index (χ4v) is 3.39. The number of halogens is 2. The van der Waals surface area contributed by atoms with Gasteiger partial charge in [0, 0.05) is 5.02 Å². The lowest BCUT2D eigenvalue weighted by molar-refractivity contribution is -0.118. The molecule has 0 bridgehead atoms. The summed E-state index contributed by atoms with van der Waals surface area (Å²) in [7, 11) is 0. The van der Waals surface area contributed by atoms with E-state index in [1.165, 1.54) is 0 Å². The first-order valence-corrected chi connectivity index (χ1v) is 7.80. The number of nitrogens with one attached hydrogen (secondary N) is 1. The fourth-order valence-electron chi connectivity index (χ4n) is 2.36. The first-order valence-electron chi connectivity index (χ1n) is 6.51. The van der Waals surface area contributed by atoms with Crippen molar-refractivity contribution >= 4 is 39.1 Å². The fraction of sp³-hybridized carbons (Fsp3) is 0.188. The zero-order valence-electron chi connectivity index (χ0n) is 11.3. The number of hydrogen-bond donors (Lipinski definition) is 1. The summed E-state index contributed by atoms with van der Waals surface area (Å²) in [6.07, 6.45) is 0. The van der Waals surface area contributed by atoms with Gasteiger partial charge in [-0.1, -0.05) is 39.7 Å². The van der Waals surface area contributed by atoms with Gasteiger partial charge in [0.2, 0.25) is 0 Å². The number of aryl methyl sites for hydroxylation is 1. The van der Waals surface area contributed by atoms with Gasteiger partial charge in [-0.2, -0.15) is 0 Å². The minimum Gasteiger partial charge on any atom is -0.482 e. The Kier molecular flexibility index (Phi) is 3.91. The standard InChI is InChI=1S/C16H13BrClNO2/c1-9-6-11(18)3-4-12(9)16(17)10-2-5-14-13(7-10)19-15(20)8-21-14/h2-7,16H,8H2,1H3,(H,19,20). The Bertz CT molecular complexity index is 717. The van der Waals surface area contributed by atoms with E-state index in [-0.39, 0.29) is 17.3 Å². The molecule has 3 nitrogen and oxygen atoms in total. The zero-order valence-corrected chi connectivity index (χ0v) is 13.7. The van der Waals surface area contributed by atoms with Crippen molar-refractivity contribution < 1.29 is 9.53 Å². The minimum absolute atomic E-state index is 0.0268. The van der Waals surface area contributed by atoms with E-state index >= 15 is 0 Å². The van der Waals surface area contributed by atoms with Crippen molar-refractivity contribution in [3.63, 3.8) is 0 Å². The number of amides is 1. The third kappa shape index (κ3) is 2.92. The number of benzene rings is 2. The van der Waals surface area contributed by atoms with E-state index in [9.17, 15) is 4.79 Å². The number of fused-ring (bicyclic) bond motifs is 1. The molecule has 0 spiro atoms. The van der Waals surface area contributed by atoms with Crippen LogP contribution in [0.1, 0.15) is 21.5 Å². The highest BCUT2D eigenvalue weighted by Gasteiger charge is 2.19. The van der Waals surface area contributed by atoms with Crippen LogP contribution in [-0.2, 0) is 4.79 Å². The Morgan fingerprint density at radius 2 is 2.10 bits per heavy atom. The van der Waals surface area contributed by atoms with Crippen molar-refractivity contribution in [1.29, 1.82) is 0 Å². The molecular weight excluding hydrogens is 354 g/mol. The summed E-state index contributed by atoms with van der Waals surface area (Å²) in [6, 6.07) is 11.6. The number of carbonyl (C=O) groups is 1. The molecule has 1 atom stereocenters. The largest absolute Gasteiger partial charge is 0.482 e. The third-order valence-electron chi connectivity index (χ3n) is 3.43. The summed E-state index contributed by atoms with van der Waals surface area (Å²) >= 11 is 9.72. The molecular formula is C16H13BrClNO2. The van der Waals surface area contributed by atoms with Gasteiger partial charge in [-0.15, -0.1) is 0 Å². The summed E-state index contributed by atoms with van der Waals surface area (Å²) in [5, 5.41) is 3.55. The Balaban J connectivity index is 1.96. The quantitative estimate of drug-likeness (QED) is 0.797. The molecule has 1 N–H and O–H groups in total. The highest BCUT2D eigenvalue weighted by molar-refractivity contribution is 9.09. The van der Waals surface area contributed by atoms with Crippen molar-refractivity contribution in [2.75, 3.05) is 11.9 Å². The minimum atomic E-state index is -0.131. The van der Waals surface area contributed by atoms with Crippen LogP contribution >= 0.6 is 27.5 Å². The zero-order chi connectivity index (χ0) is 15.0. The molecule has 5 heteroatoms. The van der Waals surface area contributed by atoms with E-state index in [0.717, 1.165) is 21.7 Å². The number of alkyl halides is 1. The van der Waals surface area contributed by atoms with Crippen LogP contribution in [0.4, 0.5) is 5.69 Å². The second-order valence-corrected chi connectivity index (χ2v) is 6.31. The van der Waals surface area contributed by atoms with Crippen LogP contribution in [0.25, 0.3) is 0 Å². The van der Waals surface area contributed by atoms with Gasteiger partial charge in [-0.05, 0) is 47.9 Å². The van der Waals surface area contributed by atoms with Gasteiger partial charge in [0.1, 0.15) is 5.75 Å². The second kappa shape index (κ2) is 5.70. The first kappa shape index (κ1) is 14.4. The molecule has 1 aliphatic heterocycles. The molecule has 0 radical (unpaired) electrons. The predicted molar refractivity (Wildman–Crippen MR) is 87.5 cm³/mol. The van der Waals surface area contributed by atoms with E-state index in [1.54, 1.807) is 0 Å². The number of rotatable bonds is 2. The molecule has 0 aromatic heterocycles. The normalized spacial score (nSPS) is 14.9. The predicted octanol–water partition coefficient (Wildman–Crippen LogP) is 4.46. The monoisotopic (exact) mass is 365 g/mol. The van der Waals surface area contributed by atoms with Crippen molar-refractivity contribution in [1.82, 2.24) is 0 Å². The van der Waals surface area contributed by atoms with Gasteiger partial charge in [0.25, 0.3) is 5.91 Å². The maximum absolute atomic E-state index is 11.4. The van der Waals surface area contributed by atoms with Crippen LogP contribution in [0.2, 0.25) is 5.02 Å². The number of carbonyl (C=O) groups excluding carboxylic acids is 1. The molecule has 0 saturated carbocycles. The Labute approximate surface area is 136 Å². The number of ether oxygens (including phenoxy) is 1. The van der Waals surface area contributed by atoms with Gasteiger partial charge in [0.05, 0.1) is 10.5 Å². The molecule has 1 unspecified atom stereocenters. The summed E-state index contributed by atoms with van der Waals surface area (Å²) in [6.45, 7) is 2.10. The van der Waals surface area contributed by atoms with Crippen LogP contribution in [-0.4, -0.2) is 12.5 Å². The summed E-state index contributed by atoms with van der Waals surface area (Å²) in [4.78, 5) is 11.4. The van der Waals surface area contributed by atoms with Crippen molar-refractivity contribution in [2.45, 2.75) is 11.8 Å². The van der Waals surface area contributed by atoms with Crippen LogP contribution in [0.5, 0.6) is 5.75 Å². The molecule has 2 aromatic rings. The van der Waals surface area contributed by atoms with Gasteiger partial charge in [-0.25, -0.2) is 0 Å². The van der Waals surface area contributed by atoms with Crippen LogP contribution < -0.4 is 10.1 Å². The lowest BCUT2D eigenvalue weighted by Gasteiger charge is -2.20. The SMILES string of the molecule is Cc1cc(Cl)ccc1C(Br)c1ccc2c(c1)NC(=O)CO2. The highest BCUT2D eigenvalue weighted by Crippen LogP contribution is 2.38. The van der Waals surface area contributed by atoms with E-state index in [1.807, 2.05) is 43.3 Å². The third-order valence-corrected chi connectivity index (χ3v) is 4.69. The molecule has 21 heavy (non-hydrogen) atoms. The topological polar surface area (TPSA) is 38.3 Å². The van der Waals surface area contributed by atoms with Gasteiger partial charge in [-0.3, -0.25) is 4.79 Å². The molecule has 1 heterocycles. The second-order valence-electron chi connectivity index (χ2n) is 4.96. The van der Waals surface area contributed by atoms with Crippen LogP contribution in [0.15, 0.2) is 36.4 Å². The molecule has 1 amide bonds. The summed E-state index contributed by atoms with van der Waals surface area (Å²) in [5.41, 5.74) is 4.01. The molecule has 108 valence electrons. The van der Waals surface area contributed by atoms with E-state index in [4.69, 9.17) is 16.3 Å². The smallest absolute Gasteiger partial charge is 0.262 e. The maximum Gasteiger partial charge on any atom is 0.262 e. The Morgan fingerprint density at radius 1 is 1.29 bits per heavy atom. The average Bonchev–Trinajstić information content (AvgIpc) is 2.46. The van der Waals surface area contributed by atoms with Gasteiger partial charge < -0.3 is 10.1 Å². The number of hydrogen-bond acceptors (Lipinski definition) is 2. The lowest BCUT2D eigenvalue weighted by Crippen LogP contribution is -2.25. The first-order chi connectivity index (χ1) is 10.0. The van der Waals surface area contributed by atoms with Crippen molar-refractivity contribution in [3.05, 3.63) is 58.1 Å². The summed E-state index contributed by atoms with van der Waals surface area (Å²) in [5.74, 6) is 0.569. The Hall–Kier alpha value is -1.52. The molecule has 0 fully saturated rings. The van der Waals surface area contributed by atoms with Crippen LogP contribution in [0, 0.1) is 6.92 Å². The van der Waals surface area contributed by atoms with Crippen molar-refractivity contribution in [2.24, 2.45) is 0 Å². The van der Waals surface area contributed by atoms with Crippen LogP contribution in [0.3, 0.4) is 0 Å². The van der Waals surface area contributed by atoms with E-state index in [0.29, 0.717) is 11.4 Å². The van der Waals surface area contributed by atoms with Gasteiger partial charge >= 0.3 is 0 Å². The molecule has 1 aliphatic rings. The maximum atomic E-state index is 11.4. The van der Waals surface area contributed by atoms with E-state index < -0.39 is 0 Å². The van der Waals surface area contributed by atoms with Crippen molar-refractivity contribution in [3.8, 4) is 5.75 Å². The molecule has 2 aromatic carbocycles. The highest BCUT2D eigenvalue weighted by atomic mass is 79.9. The average molecular weight is 367 g/mol. The van der Waals surface area contributed by atoms with E-state index in [2.05, 4.69) is 21.2 Å². The number of anilines is 1. The van der Waals surface area contributed by atoms with Gasteiger partial charge in [0.15, 0.2) is 6.61 Å². The lowest BCUT2D eigenvalue weighted by atomic mass is 10.00. The Morgan fingerprint density at radius 3 is 2.86 bits per heavy atom. The molecule has 0 aliphatic carbocycles. The summed E-state index contributed by atoms with van der Waals surface area (Å²) < 4.78 is 5.37. The molecule has 3 rings (SSSR count). The molecule has 0 saturated heterocycles.